The molecule has 6 nitrogen and oxygen atoms in total. The lowest BCUT2D eigenvalue weighted by atomic mass is 10.1. The molecule has 0 aromatic heterocycles. The van der Waals surface area contributed by atoms with Crippen LogP contribution in [0.5, 0.6) is 0 Å². The fourth-order valence-corrected chi connectivity index (χ4v) is 3.02. The molecule has 1 aromatic carbocycles. The highest BCUT2D eigenvalue weighted by atomic mass is 16.3. The lowest BCUT2D eigenvalue weighted by Gasteiger charge is -2.34. The molecule has 1 heterocycles. The third-order valence-corrected chi connectivity index (χ3v) is 4.81. The van der Waals surface area contributed by atoms with Gasteiger partial charge in [-0.2, -0.15) is 0 Å². The van der Waals surface area contributed by atoms with Crippen LogP contribution in [0.25, 0.3) is 0 Å². The number of piperazine rings is 1. The van der Waals surface area contributed by atoms with Gasteiger partial charge in [0.25, 0.3) is 0 Å². The van der Waals surface area contributed by atoms with E-state index in [9.17, 15) is 9.90 Å². The molecule has 140 valence electrons. The quantitative estimate of drug-likeness (QED) is 0.814. The number of benzene rings is 1. The summed E-state index contributed by atoms with van der Waals surface area (Å²) in [7, 11) is 3.84. The molecule has 6 heteroatoms. The summed E-state index contributed by atoms with van der Waals surface area (Å²) in [5.41, 5.74) is 2.27. The number of urea groups is 1. The summed E-state index contributed by atoms with van der Waals surface area (Å²) in [6.45, 7) is 8.94. The highest BCUT2D eigenvalue weighted by Crippen LogP contribution is 2.13. The maximum Gasteiger partial charge on any atom is 0.317 e. The van der Waals surface area contributed by atoms with Gasteiger partial charge in [0, 0.05) is 46.3 Å². The summed E-state index contributed by atoms with van der Waals surface area (Å²) in [6.07, 6.45) is -0.533. The van der Waals surface area contributed by atoms with Crippen LogP contribution in [0.15, 0.2) is 24.3 Å². The summed E-state index contributed by atoms with van der Waals surface area (Å²) in [5, 5.41) is 13.3. The average Bonchev–Trinajstić information content (AvgIpc) is 2.57. The van der Waals surface area contributed by atoms with Gasteiger partial charge < -0.3 is 20.2 Å². The lowest BCUT2D eigenvalue weighted by Crippen LogP contribution is -2.49. The summed E-state index contributed by atoms with van der Waals surface area (Å²) in [4.78, 5) is 18.5. The number of nitrogens with zero attached hydrogens (tertiary/aromatic N) is 3. The molecule has 0 radical (unpaired) electrons. The summed E-state index contributed by atoms with van der Waals surface area (Å²) in [6, 6.07) is 7.92. The van der Waals surface area contributed by atoms with Crippen LogP contribution >= 0.6 is 0 Å². The number of aliphatic hydroxyl groups is 1. The molecule has 1 aromatic rings. The molecule has 1 aliphatic heterocycles. The minimum Gasteiger partial charge on any atom is -0.390 e. The Morgan fingerprint density at radius 3 is 2.44 bits per heavy atom. The Balaban J connectivity index is 1.76. The van der Waals surface area contributed by atoms with Gasteiger partial charge in [0.2, 0.25) is 0 Å². The van der Waals surface area contributed by atoms with E-state index in [0.717, 1.165) is 31.7 Å². The summed E-state index contributed by atoms with van der Waals surface area (Å²) in [5.74, 6) is 0. The largest absolute Gasteiger partial charge is 0.390 e. The van der Waals surface area contributed by atoms with Crippen LogP contribution in [0.1, 0.15) is 24.1 Å². The van der Waals surface area contributed by atoms with Gasteiger partial charge in [-0.25, -0.2) is 4.79 Å². The zero-order valence-electron chi connectivity index (χ0n) is 15.9. The smallest absolute Gasteiger partial charge is 0.317 e. The average molecular weight is 348 g/mol. The molecule has 0 unspecified atom stereocenters. The van der Waals surface area contributed by atoms with Crippen LogP contribution < -0.4 is 5.32 Å². The number of rotatable bonds is 6. The number of carbonyl (C=O) groups is 1. The van der Waals surface area contributed by atoms with Crippen LogP contribution in [0.4, 0.5) is 4.79 Å². The van der Waals surface area contributed by atoms with Crippen molar-refractivity contribution in [1.29, 1.82) is 0 Å². The van der Waals surface area contributed by atoms with Crippen molar-refractivity contribution in [3.63, 3.8) is 0 Å². The maximum absolute atomic E-state index is 12.3. The number of likely N-dealkylation sites (N-methyl/N-ethyl adjacent to an activating group) is 2. The van der Waals surface area contributed by atoms with Crippen molar-refractivity contribution in [1.82, 2.24) is 20.0 Å². The Kier molecular flexibility index (Phi) is 7.23. The molecule has 2 N–H and O–H groups in total. The Bertz CT molecular complexity index is 541. The lowest BCUT2D eigenvalue weighted by molar-refractivity contribution is 0.0656. The number of amides is 2. The van der Waals surface area contributed by atoms with E-state index in [4.69, 9.17) is 0 Å². The predicted octanol–water partition coefficient (Wildman–Crippen LogP) is 1.31. The van der Waals surface area contributed by atoms with Crippen LogP contribution in [0, 0.1) is 6.92 Å². The molecule has 0 aliphatic carbocycles. The molecule has 1 aliphatic rings. The second-order valence-electron chi connectivity index (χ2n) is 7.22. The van der Waals surface area contributed by atoms with Crippen molar-refractivity contribution in [2.75, 3.05) is 53.4 Å². The Morgan fingerprint density at radius 2 is 1.84 bits per heavy atom. The molecule has 0 saturated carbocycles. The third kappa shape index (κ3) is 6.30. The zero-order chi connectivity index (χ0) is 18.4. The SMILES string of the molecule is Cc1ccc([C@@H](C)NC(=O)N(C)C[C@H](O)CN2CCN(C)CC2)cc1. The molecule has 2 amide bonds. The van der Waals surface area contributed by atoms with Crippen LogP contribution in [-0.2, 0) is 0 Å². The van der Waals surface area contributed by atoms with Gasteiger partial charge in [-0.1, -0.05) is 29.8 Å². The fraction of sp³-hybridized carbons (Fsp3) is 0.632. The standard InChI is InChI=1S/C19H32N4O2/c1-15-5-7-17(8-6-15)16(2)20-19(25)22(4)13-18(24)14-23-11-9-21(3)10-12-23/h5-8,16,18,24H,9-14H2,1-4H3,(H,20,25)/t16-,18+/m1/s1. The first kappa shape index (κ1) is 19.7. The van der Waals surface area contributed by atoms with Gasteiger partial charge in [-0.3, -0.25) is 4.90 Å². The normalized spacial score (nSPS) is 18.6. The first-order valence-corrected chi connectivity index (χ1v) is 9.02. The van der Waals surface area contributed by atoms with Crippen LogP contribution in [0.2, 0.25) is 0 Å². The summed E-state index contributed by atoms with van der Waals surface area (Å²) < 4.78 is 0. The second kappa shape index (κ2) is 9.17. The topological polar surface area (TPSA) is 59.1 Å². The molecule has 0 bridgehead atoms. The minimum atomic E-state index is -0.533. The molecule has 2 rings (SSSR count). The zero-order valence-corrected chi connectivity index (χ0v) is 15.9. The number of β-amino-alcohol motifs (C(OH)–C–C–N with tert-alkyl or cyclic N) is 1. The van der Waals surface area contributed by atoms with Gasteiger partial charge in [-0.15, -0.1) is 0 Å². The molecule has 1 fully saturated rings. The van der Waals surface area contributed by atoms with Crippen molar-refractivity contribution in [3.8, 4) is 0 Å². The van der Waals surface area contributed by atoms with Crippen molar-refractivity contribution in [3.05, 3.63) is 35.4 Å². The van der Waals surface area contributed by atoms with Gasteiger partial charge in [0.05, 0.1) is 12.1 Å². The third-order valence-electron chi connectivity index (χ3n) is 4.81. The summed E-state index contributed by atoms with van der Waals surface area (Å²) >= 11 is 0. The van der Waals surface area contributed by atoms with E-state index in [-0.39, 0.29) is 12.1 Å². The number of hydrogen-bond donors (Lipinski definition) is 2. The first-order chi connectivity index (χ1) is 11.8. The van der Waals surface area contributed by atoms with Gasteiger partial charge in [0.15, 0.2) is 0 Å². The minimum absolute atomic E-state index is 0.0645. The van der Waals surface area contributed by atoms with Crippen molar-refractivity contribution >= 4 is 6.03 Å². The van der Waals surface area contributed by atoms with Crippen molar-refractivity contribution < 1.29 is 9.90 Å². The monoisotopic (exact) mass is 348 g/mol. The number of aliphatic hydroxyl groups excluding tert-OH is 1. The van der Waals surface area contributed by atoms with Gasteiger partial charge in [-0.05, 0) is 26.5 Å². The predicted molar refractivity (Wildman–Crippen MR) is 101 cm³/mol. The van der Waals surface area contributed by atoms with Crippen molar-refractivity contribution in [2.45, 2.75) is 26.0 Å². The number of aryl methyl sites for hydroxylation is 1. The highest BCUT2D eigenvalue weighted by Gasteiger charge is 2.20. The van der Waals surface area contributed by atoms with E-state index in [1.54, 1.807) is 11.9 Å². The fourth-order valence-electron chi connectivity index (χ4n) is 3.02. The Labute approximate surface area is 151 Å². The molecular weight excluding hydrogens is 316 g/mol. The van der Waals surface area contributed by atoms with Crippen LogP contribution in [-0.4, -0.2) is 85.3 Å². The molecule has 0 spiro atoms. The van der Waals surface area contributed by atoms with E-state index in [2.05, 4.69) is 22.2 Å². The van der Waals surface area contributed by atoms with E-state index in [0.29, 0.717) is 13.1 Å². The Morgan fingerprint density at radius 1 is 1.24 bits per heavy atom. The van der Waals surface area contributed by atoms with Crippen LogP contribution in [0.3, 0.4) is 0 Å². The van der Waals surface area contributed by atoms with E-state index < -0.39 is 6.10 Å². The number of carbonyl (C=O) groups excluding carboxylic acids is 1. The van der Waals surface area contributed by atoms with Crippen molar-refractivity contribution in [2.24, 2.45) is 0 Å². The highest BCUT2D eigenvalue weighted by molar-refractivity contribution is 5.74. The first-order valence-electron chi connectivity index (χ1n) is 9.02. The van der Waals surface area contributed by atoms with Gasteiger partial charge >= 0.3 is 6.03 Å². The van der Waals surface area contributed by atoms with E-state index in [1.807, 2.05) is 38.1 Å². The number of nitrogens with one attached hydrogen (secondary N) is 1. The Hall–Kier alpha value is -1.63. The van der Waals surface area contributed by atoms with E-state index >= 15 is 0 Å². The van der Waals surface area contributed by atoms with Gasteiger partial charge in [0.1, 0.15) is 0 Å². The molecule has 1 saturated heterocycles. The maximum atomic E-state index is 12.3. The molecular formula is C19H32N4O2. The van der Waals surface area contributed by atoms with E-state index in [1.165, 1.54) is 5.56 Å². The second-order valence-corrected chi connectivity index (χ2v) is 7.22. The molecule has 2 atom stereocenters. The number of hydrogen-bond acceptors (Lipinski definition) is 4. The molecule has 25 heavy (non-hydrogen) atoms.